The van der Waals surface area contributed by atoms with Gasteiger partial charge in [-0.3, -0.25) is 0 Å². The summed E-state index contributed by atoms with van der Waals surface area (Å²) in [6, 6.07) is 56.7. The van der Waals surface area contributed by atoms with Gasteiger partial charge in [0.25, 0.3) is 0 Å². The van der Waals surface area contributed by atoms with E-state index in [9.17, 15) is 0 Å². The maximum absolute atomic E-state index is 2.41. The highest BCUT2D eigenvalue weighted by Crippen LogP contribution is 2.50. The SMILES string of the molecule is Cc1ccc(N(c2ccccc2)c2c3ccccc3c(N(c3ccccc3)c3ccc(C)cc3)c3ccccc23)cc1. The summed E-state index contributed by atoms with van der Waals surface area (Å²) in [5.41, 5.74) is 9.36. The summed E-state index contributed by atoms with van der Waals surface area (Å²) in [6.45, 7) is 4.28. The molecule has 2 nitrogen and oxygen atoms in total. The zero-order valence-electron chi connectivity index (χ0n) is 23.9. The molecule has 0 saturated heterocycles. The van der Waals surface area contributed by atoms with Gasteiger partial charge in [-0.15, -0.1) is 0 Å². The van der Waals surface area contributed by atoms with Crippen LogP contribution in [0.1, 0.15) is 11.1 Å². The van der Waals surface area contributed by atoms with Crippen molar-refractivity contribution in [3.63, 3.8) is 0 Å². The quantitative estimate of drug-likeness (QED) is 0.153. The van der Waals surface area contributed by atoms with Crippen LogP contribution in [0.4, 0.5) is 34.1 Å². The number of hydrogen-bond acceptors (Lipinski definition) is 2. The molecular formula is C40H32N2. The minimum Gasteiger partial charge on any atom is -0.309 e. The van der Waals surface area contributed by atoms with Gasteiger partial charge >= 0.3 is 0 Å². The Balaban J connectivity index is 1.61. The molecule has 0 aliphatic heterocycles. The zero-order valence-corrected chi connectivity index (χ0v) is 23.9. The van der Waals surface area contributed by atoms with Crippen molar-refractivity contribution in [3.8, 4) is 0 Å². The minimum atomic E-state index is 1.13. The van der Waals surface area contributed by atoms with Crippen molar-refractivity contribution < 1.29 is 0 Å². The Morgan fingerprint density at radius 1 is 0.286 bits per heavy atom. The fourth-order valence-corrected chi connectivity index (χ4v) is 5.92. The van der Waals surface area contributed by atoms with Crippen LogP contribution in [0.3, 0.4) is 0 Å². The molecule has 0 atom stereocenters. The van der Waals surface area contributed by atoms with Gasteiger partial charge in [-0.05, 0) is 62.4 Å². The third-order valence-corrected chi connectivity index (χ3v) is 7.93. The van der Waals surface area contributed by atoms with E-state index >= 15 is 0 Å². The summed E-state index contributed by atoms with van der Waals surface area (Å²) in [6.07, 6.45) is 0. The Kier molecular flexibility index (Phi) is 6.65. The average Bonchev–Trinajstić information content (AvgIpc) is 3.05. The molecule has 0 heterocycles. The van der Waals surface area contributed by atoms with E-state index in [2.05, 4.69) is 181 Å². The lowest BCUT2D eigenvalue weighted by atomic mass is 9.95. The number of benzene rings is 7. The van der Waals surface area contributed by atoms with Crippen LogP contribution in [-0.2, 0) is 0 Å². The molecule has 7 aromatic rings. The van der Waals surface area contributed by atoms with E-state index < -0.39 is 0 Å². The predicted octanol–water partition coefficient (Wildman–Crippen LogP) is 11.5. The first-order valence-electron chi connectivity index (χ1n) is 14.5. The van der Waals surface area contributed by atoms with E-state index in [0.29, 0.717) is 0 Å². The minimum absolute atomic E-state index is 1.13. The van der Waals surface area contributed by atoms with Gasteiger partial charge in [0.15, 0.2) is 0 Å². The van der Waals surface area contributed by atoms with Gasteiger partial charge in [0.2, 0.25) is 0 Å². The maximum atomic E-state index is 2.41. The molecule has 0 spiro atoms. The van der Waals surface area contributed by atoms with E-state index in [1.54, 1.807) is 0 Å². The smallest absolute Gasteiger partial charge is 0.0619 e. The summed E-state index contributed by atoms with van der Waals surface area (Å²) in [5.74, 6) is 0. The number of aryl methyl sites for hydroxylation is 2. The van der Waals surface area contributed by atoms with Gasteiger partial charge in [-0.25, -0.2) is 0 Å². The number of fused-ring (bicyclic) bond motifs is 2. The molecule has 0 bridgehead atoms. The van der Waals surface area contributed by atoms with Crippen LogP contribution in [0.15, 0.2) is 158 Å². The molecule has 0 aliphatic rings. The van der Waals surface area contributed by atoms with E-state index in [-0.39, 0.29) is 0 Å². The first kappa shape index (κ1) is 25.6. The molecule has 0 aromatic heterocycles. The molecule has 0 N–H and O–H groups in total. The second-order valence-electron chi connectivity index (χ2n) is 10.8. The van der Waals surface area contributed by atoms with Crippen LogP contribution in [0.2, 0.25) is 0 Å². The zero-order chi connectivity index (χ0) is 28.5. The molecule has 42 heavy (non-hydrogen) atoms. The number of para-hydroxylation sites is 2. The van der Waals surface area contributed by atoms with Gasteiger partial charge < -0.3 is 9.80 Å². The molecule has 7 rings (SSSR count). The van der Waals surface area contributed by atoms with E-state index in [1.807, 2.05) is 0 Å². The maximum Gasteiger partial charge on any atom is 0.0619 e. The molecule has 0 unspecified atom stereocenters. The van der Waals surface area contributed by atoms with E-state index in [4.69, 9.17) is 0 Å². The van der Waals surface area contributed by atoms with Crippen molar-refractivity contribution >= 4 is 55.7 Å². The van der Waals surface area contributed by atoms with Crippen LogP contribution >= 0.6 is 0 Å². The number of rotatable bonds is 6. The van der Waals surface area contributed by atoms with Crippen LogP contribution in [-0.4, -0.2) is 0 Å². The van der Waals surface area contributed by atoms with Crippen LogP contribution in [0, 0.1) is 13.8 Å². The average molecular weight is 541 g/mol. The Labute approximate surface area is 247 Å². The Morgan fingerprint density at radius 2 is 0.548 bits per heavy atom. The Bertz CT molecular complexity index is 1770. The summed E-state index contributed by atoms with van der Waals surface area (Å²) >= 11 is 0. The van der Waals surface area contributed by atoms with Crippen molar-refractivity contribution in [2.75, 3.05) is 9.80 Å². The molecule has 2 heteroatoms. The normalized spacial score (nSPS) is 11.1. The third kappa shape index (κ3) is 4.57. The van der Waals surface area contributed by atoms with Crippen LogP contribution in [0.25, 0.3) is 21.5 Å². The molecule has 0 fully saturated rings. The Morgan fingerprint density at radius 3 is 0.857 bits per heavy atom. The predicted molar refractivity (Wildman–Crippen MR) is 180 cm³/mol. The lowest BCUT2D eigenvalue weighted by molar-refractivity contribution is 1.28. The number of anilines is 6. The molecule has 202 valence electrons. The van der Waals surface area contributed by atoms with Gasteiger partial charge in [0.1, 0.15) is 0 Å². The third-order valence-electron chi connectivity index (χ3n) is 7.93. The van der Waals surface area contributed by atoms with Gasteiger partial charge in [-0.2, -0.15) is 0 Å². The highest BCUT2D eigenvalue weighted by Gasteiger charge is 2.24. The first-order valence-corrected chi connectivity index (χ1v) is 14.5. The molecule has 0 radical (unpaired) electrons. The first-order chi connectivity index (χ1) is 20.7. The fourth-order valence-electron chi connectivity index (χ4n) is 5.92. The lowest BCUT2D eigenvalue weighted by Crippen LogP contribution is -2.14. The number of nitrogens with zero attached hydrogens (tertiary/aromatic N) is 2. The van der Waals surface area contributed by atoms with Crippen molar-refractivity contribution in [3.05, 3.63) is 169 Å². The van der Waals surface area contributed by atoms with Crippen molar-refractivity contribution in [2.24, 2.45) is 0 Å². The number of hydrogen-bond donors (Lipinski definition) is 0. The second kappa shape index (κ2) is 10.9. The van der Waals surface area contributed by atoms with Crippen LogP contribution < -0.4 is 9.80 Å². The Hall–Kier alpha value is -5.34. The molecular weight excluding hydrogens is 508 g/mol. The lowest BCUT2D eigenvalue weighted by Gasteiger charge is -2.32. The van der Waals surface area contributed by atoms with Gasteiger partial charge in [0, 0.05) is 44.3 Å². The highest BCUT2D eigenvalue weighted by atomic mass is 15.2. The van der Waals surface area contributed by atoms with Crippen molar-refractivity contribution in [1.82, 2.24) is 0 Å². The largest absolute Gasteiger partial charge is 0.309 e. The second-order valence-corrected chi connectivity index (χ2v) is 10.8. The standard InChI is InChI=1S/C40H32N2/c1-29-21-25-33(26-22-29)41(31-13-5-3-6-14-31)39-35-17-9-11-19-37(35)40(38-20-12-10-18-36(38)39)42(32-15-7-4-8-16-32)34-27-23-30(2)24-28-34/h3-28H,1-2H3. The van der Waals surface area contributed by atoms with E-state index in [0.717, 1.165) is 22.7 Å². The molecule has 7 aromatic carbocycles. The molecule has 0 amide bonds. The summed E-state index contributed by atoms with van der Waals surface area (Å²) in [7, 11) is 0. The summed E-state index contributed by atoms with van der Waals surface area (Å²) in [4.78, 5) is 4.82. The van der Waals surface area contributed by atoms with Crippen molar-refractivity contribution in [2.45, 2.75) is 13.8 Å². The highest BCUT2D eigenvalue weighted by molar-refractivity contribution is 6.23. The van der Waals surface area contributed by atoms with E-state index in [1.165, 1.54) is 44.0 Å². The molecule has 0 saturated carbocycles. The topological polar surface area (TPSA) is 6.48 Å². The summed E-state index contributed by atoms with van der Waals surface area (Å²) < 4.78 is 0. The van der Waals surface area contributed by atoms with Gasteiger partial charge in [0.05, 0.1) is 11.4 Å². The summed E-state index contributed by atoms with van der Waals surface area (Å²) in [5, 5.41) is 4.79. The van der Waals surface area contributed by atoms with Gasteiger partial charge in [-0.1, -0.05) is 120 Å². The fraction of sp³-hybridized carbons (Fsp3) is 0.0500. The van der Waals surface area contributed by atoms with Crippen LogP contribution in [0.5, 0.6) is 0 Å². The monoisotopic (exact) mass is 540 g/mol. The molecule has 0 aliphatic carbocycles. The van der Waals surface area contributed by atoms with Crippen molar-refractivity contribution in [1.29, 1.82) is 0 Å².